The van der Waals surface area contributed by atoms with Crippen molar-refractivity contribution in [3.8, 4) is 0 Å². The van der Waals surface area contributed by atoms with E-state index in [9.17, 15) is 9.59 Å². The third kappa shape index (κ3) is 3.01. The number of esters is 1. The van der Waals surface area contributed by atoms with Crippen LogP contribution in [-0.2, 0) is 9.53 Å². The van der Waals surface area contributed by atoms with E-state index >= 15 is 0 Å². The van der Waals surface area contributed by atoms with Gasteiger partial charge in [0, 0.05) is 13.1 Å². The second-order valence-electron chi connectivity index (χ2n) is 4.68. The molecule has 0 aromatic carbocycles. The number of ether oxygens (including phenoxy) is 1. The molecule has 1 aliphatic heterocycles. The maximum atomic E-state index is 12.4. The minimum absolute atomic E-state index is 0.137. The zero-order valence-corrected chi connectivity index (χ0v) is 11.9. The SMILES string of the molecule is COC(=O)C1CCN(C(=O)c2cc(Cl)ncc2N)CC1. The van der Waals surface area contributed by atoms with Crippen molar-refractivity contribution >= 4 is 29.2 Å². The number of amides is 1. The Morgan fingerprint density at radius 2 is 2.10 bits per heavy atom. The minimum Gasteiger partial charge on any atom is -0.469 e. The van der Waals surface area contributed by atoms with E-state index in [2.05, 4.69) is 4.98 Å². The highest BCUT2D eigenvalue weighted by Gasteiger charge is 2.29. The van der Waals surface area contributed by atoms with Crippen molar-refractivity contribution in [2.75, 3.05) is 25.9 Å². The molecule has 1 fully saturated rings. The number of nitrogen functional groups attached to an aromatic ring is 1. The molecular formula is C13H16ClN3O3. The molecule has 0 atom stereocenters. The van der Waals surface area contributed by atoms with E-state index in [1.165, 1.54) is 19.4 Å². The van der Waals surface area contributed by atoms with Crippen molar-refractivity contribution in [1.82, 2.24) is 9.88 Å². The summed E-state index contributed by atoms with van der Waals surface area (Å²) in [5.41, 5.74) is 6.40. The zero-order valence-electron chi connectivity index (χ0n) is 11.1. The Hall–Kier alpha value is -1.82. The summed E-state index contributed by atoms with van der Waals surface area (Å²) in [5.74, 6) is -0.541. The van der Waals surface area contributed by atoms with Crippen molar-refractivity contribution in [2.24, 2.45) is 5.92 Å². The van der Waals surface area contributed by atoms with Gasteiger partial charge in [0.15, 0.2) is 0 Å². The molecule has 2 rings (SSSR count). The van der Waals surface area contributed by atoms with Crippen LogP contribution in [0.15, 0.2) is 12.3 Å². The van der Waals surface area contributed by atoms with Gasteiger partial charge in [0.2, 0.25) is 0 Å². The normalized spacial score (nSPS) is 16.0. The number of piperidine rings is 1. The lowest BCUT2D eigenvalue weighted by molar-refractivity contribution is -0.146. The van der Waals surface area contributed by atoms with Gasteiger partial charge in [0.05, 0.1) is 30.5 Å². The molecule has 1 amide bonds. The summed E-state index contributed by atoms with van der Waals surface area (Å²) in [6.07, 6.45) is 2.56. The lowest BCUT2D eigenvalue weighted by atomic mass is 9.96. The standard InChI is InChI=1S/C13H16ClN3O3/c1-20-13(19)8-2-4-17(5-3-8)12(18)9-6-11(14)16-7-10(9)15/h6-8H,2-5,15H2,1H3. The number of carbonyl (C=O) groups is 2. The maximum absolute atomic E-state index is 12.4. The molecule has 2 N–H and O–H groups in total. The molecule has 0 bridgehead atoms. The molecule has 108 valence electrons. The van der Waals surface area contributed by atoms with Gasteiger partial charge >= 0.3 is 5.97 Å². The molecule has 0 saturated carbocycles. The third-order valence-corrected chi connectivity index (χ3v) is 3.66. The molecule has 7 heteroatoms. The second kappa shape index (κ2) is 6.09. The zero-order chi connectivity index (χ0) is 14.7. The van der Waals surface area contributed by atoms with Crippen LogP contribution in [0.5, 0.6) is 0 Å². The summed E-state index contributed by atoms with van der Waals surface area (Å²) in [4.78, 5) is 29.3. The number of likely N-dealkylation sites (tertiary alicyclic amines) is 1. The number of pyridine rings is 1. The molecular weight excluding hydrogens is 282 g/mol. The first kappa shape index (κ1) is 14.6. The number of methoxy groups -OCH3 is 1. The molecule has 0 unspecified atom stereocenters. The molecule has 20 heavy (non-hydrogen) atoms. The van der Waals surface area contributed by atoms with Gasteiger partial charge in [-0.05, 0) is 18.9 Å². The highest BCUT2D eigenvalue weighted by atomic mass is 35.5. The van der Waals surface area contributed by atoms with Crippen LogP contribution in [0.3, 0.4) is 0 Å². The largest absolute Gasteiger partial charge is 0.469 e. The van der Waals surface area contributed by atoms with Crippen LogP contribution in [0, 0.1) is 5.92 Å². The number of aromatic nitrogens is 1. The summed E-state index contributed by atoms with van der Waals surface area (Å²) in [5, 5.41) is 0.229. The number of nitrogens with zero attached hydrogens (tertiary/aromatic N) is 2. The van der Waals surface area contributed by atoms with Gasteiger partial charge in [-0.15, -0.1) is 0 Å². The fraction of sp³-hybridized carbons (Fsp3) is 0.462. The van der Waals surface area contributed by atoms with Crippen LogP contribution in [0.2, 0.25) is 5.15 Å². The maximum Gasteiger partial charge on any atom is 0.308 e. The first-order valence-electron chi connectivity index (χ1n) is 6.31. The summed E-state index contributed by atoms with van der Waals surface area (Å²) >= 11 is 5.78. The highest BCUT2D eigenvalue weighted by molar-refractivity contribution is 6.29. The monoisotopic (exact) mass is 297 g/mol. The molecule has 1 aromatic heterocycles. The first-order valence-corrected chi connectivity index (χ1v) is 6.69. The number of rotatable bonds is 2. The number of nitrogens with two attached hydrogens (primary N) is 1. The summed E-state index contributed by atoms with van der Waals surface area (Å²) in [6, 6.07) is 1.46. The Balaban J connectivity index is 2.05. The predicted octanol–water partition coefficient (Wildman–Crippen LogP) is 1.34. The summed E-state index contributed by atoms with van der Waals surface area (Å²) in [6.45, 7) is 0.996. The Labute approximate surface area is 121 Å². The van der Waals surface area contributed by atoms with E-state index in [0.29, 0.717) is 37.2 Å². The van der Waals surface area contributed by atoms with Crippen LogP contribution in [0.1, 0.15) is 23.2 Å². The molecule has 0 aliphatic carbocycles. The number of hydrogen-bond donors (Lipinski definition) is 1. The number of anilines is 1. The minimum atomic E-state index is -0.219. The van der Waals surface area contributed by atoms with E-state index in [1.807, 2.05) is 0 Å². The van der Waals surface area contributed by atoms with E-state index < -0.39 is 0 Å². The van der Waals surface area contributed by atoms with Crippen LogP contribution in [0.25, 0.3) is 0 Å². The second-order valence-corrected chi connectivity index (χ2v) is 5.07. The van der Waals surface area contributed by atoms with Gasteiger partial charge in [-0.3, -0.25) is 9.59 Å². The van der Waals surface area contributed by atoms with Crippen LogP contribution in [0.4, 0.5) is 5.69 Å². The van der Waals surface area contributed by atoms with Crippen LogP contribution < -0.4 is 5.73 Å². The van der Waals surface area contributed by atoms with Crippen LogP contribution in [-0.4, -0.2) is 42.0 Å². The van der Waals surface area contributed by atoms with Crippen molar-refractivity contribution in [3.63, 3.8) is 0 Å². The Morgan fingerprint density at radius 3 is 2.70 bits per heavy atom. The van der Waals surface area contributed by atoms with Crippen molar-refractivity contribution in [1.29, 1.82) is 0 Å². The van der Waals surface area contributed by atoms with Gasteiger partial charge in [0.1, 0.15) is 5.15 Å². The summed E-state index contributed by atoms with van der Waals surface area (Å²) in [7, 11) is 1.37. The Kier molecular flexibility index (Phi) is 4.44. The van der Waals surface area contributed by atoms with Crippen molar-refractivity contribution in [3.05, 3.63) is 23.0 Å². The fourth-order valence-electron chi connectivity index (χ4n) is 2.28. The fourth-order valence-corrected chi connectivity index (χ4v) is 2.44. The average molecular weight is 298 g/mol. The third-order valence-electron chi connectivity index (χ3n) is 3.45. The molecule has 6 nitrogen and oxygen atoms in total. The average Bonchev–Trinajstić information content (AvgIpc) is 2.48. The van der Waals surface area contributed by atoms with E-state index in [1.54, 1.807) is 4.90 Å². The van der Waals surface area contributed by atoms with Gasteiger partial charge in [-0.25, -0.2) is 4.98 Å². The smallest absolute Gasteiger partial charge is 0.308 e. The van der Waals surface area contributed by atoms with Gasteiger partial charge < -0.3 is 15.4 Å². The lowest BCUT2D eigenvalue weighted by Gasteiger charge is -2.31. The Morgan fingerprint density at radius 1 is 1.45 bits per heavy atom. The van der Waals surface area contributed by atoms with E-state index in [0.717, 1.165) is 0 Å². The summed E-state index contributed by atoms with van der Waals surface area (Å²) < 4.78 is 4.72. The van der Waals surface area contributed by atoms with Crippen molar-refractivity contribution < 1.29 is 14.3 Å². The van der Waals surface area contributed by atoms with Gasteiger partial charge in [0.25, 0.3) is 5.91 Å². The molecule has 1 aromatic rings. The number of hydrogen-bond acceptors (Lipinski definition) is 5. The van der Waals surface area contributed by atoms with Crippen molar-refractivity contribution in [2.45, 2.75) is 12.8 Å². The van der Waals surface area contributed by atoms with Gasteiger partial charge in [-0.2, -0.15) is 0 Å². The first-order chi connectivity index (χ1) is 9.52. The predicted molar refractivity (Wildman–Crippen MR) is 74.3 cm³/mol. The number of carbonyl (C=O) groups excluding carboxylic acids is 2. The number of halogens is 1. The molecule has 1 saturated heterocycles. The topological polar surface area (TPSA) is 85.5 Å². The van der Waals surface area contributed by atoms with Gasteiger partial charge in [-0.1, -0.05) is 11.6 Å². The van der Waals surface area contributed by atoms with Crippen LogP contribution >= 0.6 is 11.6 Å². The quantitative estimate of drug-likeness (QED) is 0.658. The van der Waals surface area contributed by atoms with E-state index in [-0.39, 0.29) is 22.9 Å². The molecule has 0 spiro atoms. The lowest BCUT2D eigenvalue weighted by Crippen LogP contribution is -2.40. The molecule has 1 aliphatic rings. The Bertz CT molecular complexity index is 528. The van der Waals surface area contributed by atoms with E-state index in [4.69, 9.17) is 22.1 Å². The molecule has 2 heterocycles. The molecule has 0 radical (unpaired) electrons. The highest BCUT2D eigenvalue weighted by Crippen LogP contribution is 2.22.